The van der Waals surface area contributed by atoms with Crippen molar-refractivity contribution in [3.05, 3.63) is 53.3 Å². The highest BCUT2D eigenvalue weighted by Crippen LogP contribution is 2.41. The molecule has 12 nitrogen and oxygen atoms in total. The Kier molecular flexibility index (Phi) is 10.2. The molecule has 2 aromatic heterocycles. The van der Waals surface area contributed by atoms with Crippen molar-refractivity contribution in [1.29, 1.82) is 0 Å². The Hall–Kier alpha value is -3.22. The van der Waals surface area contributed by atoms with E-state index in [0.717, 1.165) is 35.1 Å². The number of hydrogen-bond donors (Lipinski definition) is 5. The molecule has 0 aliphatic heterocycles. The third-order valence-corrected chi connectivity index (χ3v) is 7.36. The standard InChI is InChI=1S/C27H33BrN5O7P/c1-2-3-4-23-32-25-26(33(23)16-18-14-19(34)6-8-22(18)40-41(36,37)38)20-7-5-17(13-21(20)31-27(25)29)9-11-39-12-10-30-24(35)15-28/h5-8,13-14,34H,2-4,9-12,15-16H2,1H3,(H2,29,31)(H,30,35)(H2,36,37,38). The Balaban J connectivity index is 1.69. The lowest BCUT2D eigenvalue weighted by molar-refractivity contribution is -0.118. The van der Waals surface area contributed by atoms with Crippen LogP contribution in [0.2, 0.25) is 0 Å². The summed E-state index contributed by atoms with van der Waals surface area (Å²) in [5.41, 5.74) is 9.68. The lowest BCUT2D eigenvalue weighted by atomic mass is 10.1. The third-order valence-electron chi connectivity index (χ3n) is 6.42. The van der Waals surface area contributed by atoms with E-state index >= 15 is 0 Å². The first-order valence-electron chi connectivity index (χ1n) is 13.1. The van der Waals surface area contributed by atoms with Crippen LogP contribution < -0.4 is 15.6 Å². The maximum absolute atomic E-state index is 11.6. The molecule has 220 valence electrons. The van der Waals surface area contributed by atoms with Crippen molar-refractivity contribution in [2.75, 3.05) is 30.8 Å². The van der Waals surface area contributed by atoms with Crippen molar-refractivity contribution in [3.8, 4) is 11.5 Å². The van der Waals surface area contributed by atoms with Crippen LogP contribution in [-0.4, -0.2) is 60.4 Å². The molecule has 0 aliphatic rings. The summed E-state index contributed by atoms with van der Waals surface area (Å²) in [7, 11) is -4.84. The molecule has 6 N–H and O–H groups in total. The molecule has 1 amide bonds. The van der Waals surface area contributed by atoms with E-state index in [-0.39, 0.29) is 35.1 Å². The summed E-state index contributed by atoms with van der Waals surface area (Å²) >= 11 is 3.10. The third kappa shape index (κ3) is 7.96. The Labute approximate surface area is 245 Å². The number of phenols is 1. The number of halogens is 1. The molecule has 2 aromatic carbocycles. The first-order chi connectivity index (χ1) is 19.6. The first-order valence-corrected chi connectivity index (χ1v) is 15.8. The molecule has 41 heavy (non-hydrogen) atoms. The smallest absolute Gasteiger partial charge is 0.508 e. The Bertz CT molecular complexity index is 1590. The van der Waals surface area contributed by atoms with Crippen molar-refractivity contribution >= 4 is 57.4 Å². The molecule has 0 unspecified atom stereocenters. The monoisotopic (exact) mass is 649 g/mol. The Morgan fingerprint density at radius 1 is 1.15 bits per heavy atom. The summed E-state index contributed by atoms with van der Waals surface area (Å²) in [5, 5.41) is 13.9. The van der Waals surface area contributed by atoms with Gasteiger partial charge in [0.15, 0.2) is 5.82 Å². The number of anilines is 1. The molecule has 0 fully saturated rings. The number of fused-ring (bicyclic) bond motifs is 3. The molecular weight excluding hydrogens is 617 g/mol. The van der Waals surface area contributed by atoms with Gasteiger partial charge in [-0.1, -0.05) is 41.4 Å². The number of nitrogens with one attached hydrogen (secondary N) is 1. The fraction of sp³-hybridized carbons (Fsp3) is 0.370. The second-order valence-electron chi connectivity index (χ2n) is 9.48. The number of benzene rings is 2. The number of hydrogen-bond acceptors (Lipinski definition) is 8. The molecule has 0 bridgehead atoms. The van der Waals surface area contributed by atoms with E-state index < -0.39 is 7.82 Å². The molecule has 14 heteroatoms. The molecule has 0 atom stereocenters. The number of aromatic nitrogens is 3. The number of amides is 1. The van der Waals surface area contributed by atoms with Gasteiger partial charge in [0.25, 0.3) is 0 Å². The number of aromatic hydroxyl groups is 1. The minimum atomic E-state index is -4.84. The minimum Gasteiger partial charge on any atom is -0.508 e. The van der Waals surface area contributed by atoms with Crippen molar-refractivity contribution in [2.45, 2.75) is 39.2 Å². The topological polar surface area (TPSA) is 182 Å². The maximum atomic E-state index is 11.6. The van der Waals surface area contributed by atoms with Gasteiger partial charge < -0.3 is 30.0 Å². The highest BCUT2D eigenvalue weighted by atomic mass is 79.9. The zero-order chi connectivity index (χ0) is 29.6. The van der Waals surface area contributed by atoms with E-state index in [0.29, 0.717) is 49.2 Å². The molecule has 4 aromatic rings. The van der Waals surface area contributed by atoms with Crippen LogP contribution in [-0.2, 0) is 33.5 Å². The molecule has 0 saturated carbocycles. The van der Waals surface area contributed by atoms with Crippen molar-refractivity contribution in [2.24, 2.45) is 0 Å². The lowest BCUT2D eigenvalue weighted by Crippen LogP contribution is -2.28. The zero-order valence-corrected chi connectivity index (χ0v) is 25.0. The number of imidazole rings is 1. The number of phenolic OH excluding ortho intramolecular Hbond substituents is 1. The van der Waals surface area contributed by atoms with E-state index in [1.165, 1.54) is 18.2 Å². The van der Waals surface area contributed by atoms with Crippen molar-refractivity contribution < 1.29 is 33.5 Å². The maximum Gasteiger partial charge on any atom is 0.524 e. The normalized spacial score (nSPS) is 11.8. The van der Waals surface area contributed by atoms with Gasteiger partial charge >= 0.3 is 7.82 Å². The molecule has 0 saturated heterocycles. The number of nitrogen functional groups attached to an aromatic ring is 1. The number of alkyl halides is 1. The Morgan fingerprint density at radius 3 is 2.68 bits per heavy atom. The number of phosphoric ester groups is 1. The van der Waals surface area contributed by atoms with Gasteiger partial charge in [-0.2, -0.15) is 0 Å². The van der Waals surface area contributed by atoms with Gasteiger partial charge in [0.2, 0.25) is 5.91 Å². The van der Waals surface area contributed by atoms with Crippen molar-refractivity contribution in [3.63, 3.8) is 0 Å². The van der Waals surface area contributed by atoms with Crippen LogP contribution in [0, 0.1) is 0 Å². The molecule has 0 spiro atoms. The number of aryl methyl sites for hydroxylation is 1. The lowest BCUT2D eigenvalue weighted by Gasteiger charge is -2.16. The number of unbranched alkanes of at least 4 members (excludes halogenated alkanes) is 1. The molecule has 2 heterocycles. The minimum absolute atomic E-state index is 0.0418. The average molecular weight is 650 g/mol. The van der Waals surface area contributed by atoms with Gasteiger partial charge in [-0.25, -0.2) is 14.5 Å². The van der Waals surface area contributed by atoms with E-state index in [9.17, 15) is 24.3 Å². The molecular formula is C27H33BrN5O7P. The van der Waals surface area contributed by atoms with Crippen molar-refractivity contribution in [1.82, 2.24) is 19.9 Å². The number of nitrogens with zero attached hydrogens (tertiary/aromatic N) is 3. The van der Waals surface area contributed by atoms with Gasteiger partial charge in [-0.15, -0.1) is 0 Å². The van der Waals surface area contributed by atoms with Crippen LogP contribution in [0.3, 0.4) is 0 Å². The molecule has 4 rings (SSSR count). The highest BCUT2D eigenvalue weighted by molar-refractivity contribution is 9.09. The largest absolute Gasteiger partial charge is 0.524 e. The second kappa shape index (κ2) is 13.6. The quantitative estimate of drug-likeness (QED) is 0.0765. The predicted octanol–water partition coefficient (Wildman–Crippen LogP) is 3.80. The van der Waals surface area contributed by atoms with Crippen LogP contribution in [0.25, 0.3) is 21.9 Å². The average Bonchev–Trinajstić information content (AvgIpc) is 3.28. The molecule has 0 aliphatic carbocycles. The number of ether oxygens (including phenoxy) is 1. The number of rotatable bonds is 14. The summed E-state index contributed by atoms with van der Waals surface area (Å²) in [6.45, 7) is 3.50. The highest BCUT2D eigenvalue weighted by Gasteiger charge is 2.22. The van der Waals surface area contributed by atoms with Crippen LogP contribution in [0.1, 0.15) is 36.7 Å². The van der Waals surface area contributed by atoms with E-state index in [1.807, 2.05) is 22.8 Å². The number of phosphoric acid groups is 1. The summed E-state index contributed by atoms with van der Waals surface area (Å²) in [4.78, 5) is 39.6. The van der Waals surface area contributed by atoms with Crippen LogP contribution in [0.15, 0.2) is 36.4 Å². The van der Waals surface area contributed by atoms with Crippen LogP contribution >= 0.6 is 23.8 Å². The molecule has 0 radical (unpaired) electrons. The summed E-state index contributed by atoms with van der Waals surface area (Å²) < 4.78 is 24.1. The fourth-order valence-corrected chi connectivity index (χ4v) is 5.17. The van der Waals surface area contributed by atoms with Gasteiger partial charge in [-0.05, 0) is 42.7 Å². The van der Waals surface area contributed by atoms with Crippen LogP contribution in [0.4, 0.5) is 5.82 Å². The van der Waals surface area contributed by atoms with E-state index in [4.69, 9.17) is 20.0 Å². The summed E-state index contributed by atoms with van der Waals surface area (Å²) in [6.07, 6.45) is 3.08. The van der Waals surface area contributed by atoms with Gasteiger partial charge in [0.05, 0.1) is 36.1 Å². The summed E-state index contributed by atoms with van der Waals surface area (Å²) in [6, 6.07) is 9.92. The first kappa shape index (κ1) is 30.7. The number of nitrogens with two attached hydrogens (primary N) is 1. The predicted molar refractivity (Wildman–Crippen MR) is 159 cm³/mol. The van der Waals surface area contributed by atoms with Gasteiger partial charge in [0, 0.05) is 23.9 Å². The fourth-order valence-electron chi connectivity index (χ4n) is 4.53. The number of carbonyl (C=O) groups is 1. The summed E-state index contributed by atoms with van der Waals surface area (Å²) in [5.74, 6) is 0.797. The van der Waals surface area contributed by atoms with E-state index in [2.05, 4.69) is 33.2 Å². The Morgan fingerprint density at radius 2 is 1.95 bits per heavy atom. The number of carbonyl (C=O) groups excluding carboxylic acids is 1. The van der Waals surface area contributed by atoms with Crippen LogP contribution in [0.5, 0.6) is 11.5 Å². The zero-order valence-electron chi connectivity index (χ0n) is 22.5. The van der Waals surface area contributed by atoms with Gasteiger partial charge in [0.1, 0.15) is 22.8 Å². The van der Waals surface area contributed by atoms with Gasteiger partial charge in [-0.3, -0.25) is 14.6 Å². The second-order valence-corrected chi connectivity index (χ2v) is 11.2. The SMILES string of the molecule is CCCCc1nc2c(N)nc3cc(CCOCCNC(=O)CBr)ccc3c2n1Cc1cc(O)ccc1OP(=O)(O)O. The number of pyridine rings is 1. The van der Waals surface area contributed by atoms with E-state index in [1.54, 1.807) is 0 Å².